The highest BCUT2D eigenvalue weighted by Gasteiger charge is 2.25. The summed E-state index contributed by atoms with van der Waals surface area (Å²) in [5.74, 6) is 1.29. The lowest BCUT2D eigenvalue weighted by Crippen LogP contribution is -2.37. The van der Waals surface area contributed by atoms with Crippen molar-refractivity contribution in [3.05, 3.63) is 59.7 Å². The Hall–Kier alpha value is -3.19. The lowest BCUT2D eigenvalue weighted by atomic mass is 10.1. The molecular formula is C25H29N5O2. The summed E-state index contributed by atoms with van der Waals surface area (Å²) in [6, 6.07) is 7.93. The smallest absolute Gasteiger partial charge is 0.272 e. The molecule has 7 heteroatoms. The predicted octanol–water partition coefficient (Wildman–Crippen LogP) is 4.06. The first kappa shape index (κ1) is 20.7. The van der Waals surface area contributed by atoms with Crippen LogP contribution in [0.25, 0.3) is 11.1 Å². The van der Waals surface area contributed by atoms with Crippen molar-refractivity contribution in [1.82, 2.24) is 14.5 Å². The van der Waals surface area contributed by atoms with E-state index in [1.165, 1.54) is 12.8 Å². The molecule has 0 atom stereocenters. The molecular weight excluding hydrogens is 402 g/mol. The van der Waals surface area contributed by atoms with Gasteiger partial charge >= 0.3 is 0 Å². The number of nitrogens with one attached hydrogen (secondary N) is 1. The van der Waals surface area contributed by atoms with Crippen LogP contribution in [-0.2, 0) is 11.3 Å². The third kappa shape index (κ3) is 4.39. The van der Waals surface area contributed by atoms with E-state index in [4.69, 9.17) is 4.74 Å². The number of hydrogen-bond acceptors (Lipinski definition) is 5. The van der Waals surface area contributed by atoms with E-state index in [0.717, 1.165) is 53.5 Å². The molecule has 0 radical (unpaired) electrons. The Balaban J connectivity index is 1.40. The summed E-state index contributed by atoms with van der Waals surface area (Å²) in [4.78, 5) is 24.5. The van der Waals surface area contributed by atoms with E-state index in [-0.39, 0.29) is 5.91 Å². The van der Waals surface area contributed by atoms with E-state index < -0.39 is 0 Å². The van der Waals surface area contributed by atoms with E-state index in [9.17, 15) is 4.79 Å². The van der Waals surface area contributed by atoms with Gasteiger partial charge in [0.25, 0.3) is 5.91 Å². The molecule has 2 aromatic heterocycles. The van der Waals surface area contributed by atoms with Crippen LogP contribution in [0.1, 0.15) is 34.5 Å². The van der Waals surface area contributed by atoms with Gasteiger partial charge in [-0.1, -0.05) is 12.1 Å². The second-order valence-electron chi connectivity index (χ2n) is 8.78. The van der Waals surface area contributed by atoms with Crippen LogP contribution in [0, 0.1) is 19.8 Å². The SMILES string of the molecule is Cc1cccc(NC(=O)c2cc(-c3cnc(N4CCOCC4)nc3)cn2CC2CC2)c1C. The number of anilines is 2. The number of carbonyl (C=O) groups excluding carboxylic acids is 1. The third-order valence-electron chi connectivity index (χ3n) is 6.40. The molecule has 166 valence electrons. The lowest BCUT2D eigenvalue weighted by molar-refractivity contribution is 0.101. The van der Waals surface area contributed by atoms with Crippen LogP contribution in [0.3, 0.4) is 0 Å². The van der Waals surface area contributed by atoms with Crippen LogP contribution in [0.4, 0.5) is 11.6 Å². The van der Waals surface area contributed by atoms with Gasteiger partial charge in [-0.2, -0.15) is 0 Å². The van der Waals surface area contributed by atoms with Gasteiger partial charge in [-0.15, -0.1) is 0 Å². The standard InChI is InChI=1S/C25H29N5O2/c1-17-4-3-5-22(18(17)2)28-24(31)23-12-20(16-30(23)15-19-6-7-19)21-13-26-25(27-14-21)29-8-10-32-11-9-29/h3-5,12-14,16,19H,6-11,15H2,1-2H3,(H,28,31). The van der Waals surface area contributed by atoms with Crippen LogP contribution in [0.5, 0.6) is 0 Å². The number of rotatable bonds is 6. The molecule has 32 heavy (non-hydrogen) atoms. The number of carbonyl (C=O) groups is 1. The van der Waals surface area contributed by atoms with Crippen molar-refractivity contribution in [2.24, 2.45) is 5.92 Å². The zero-order valence-electron chi connectivity index (χ0n) is 18.7. The second-order valence-corrected chi connectivity index (χ2v) is 8.78. The Bertz CT molecular complexity index is 1110. The molecule has 3 aromatic rings. The maximum absolute atomic E-state index is 13.2. The molecule has 0 spiro atoms. The average molecular weight is 432 g/mol. The Labute approximate surface area is 188 Å². The average Bonchev–Trinajstić information content (AvgIpc) is 3.54. The van der Waals surface area contributed by atoms with E-state index in [2.05, 4.69) is 43.9 Å². The van der Waals surface area contributed by atoms with Crippen molar-refractivity contribution in [2.75, 3.05) is 36.5 Å². The highest BCUT2D eigenvalue weighted by molar-refractivity contribution is 6.04. The van der Waals surface area contributed by atoms with Gasteiger partial charge in [0, 0.05) is 55.0 Å². The third-order valence-corrected chi connectivity index (χ3v) is 6.40. The number of nitrogens with zero attached hydrogens (tertiary/aromatic N) is 4. The van der Waals surface area contributed by atoms with Gasteiger partial charge < -0.3 is 19.5 Å². The molecule has 1 N–H and O–H groups in total. The van der Waals surface area contributed by atoms with Gasteiger partial charge in [-0.05, 0) is 55.9 Å². The molecule has 1 amide bonds. The minimum absolute atomic E-state index is 0.0866. The maximum atomic E-state index is 13.2. The summed E-state index contributed by atoms with van der Waals surface area (Å²) in [7, 11) is 0. The van der Waals surface area contributed by atoms with E-state index in [0.29, 0.717) is 24.8 Å². The largest absolute Gasteiger partial charge is 0.378 e. The molecule has 3 heterocycles. The topological polar surface area (TPSA) is 72.3 Å². The molecule has 0 bridgehead atoms. The zero-order valence-corrected chi connectivity index (χ0v) is 18.7. The van der Waals surface area contributed by atoms with Gasteiger partial charge in [0.2, 0.25) is 5.95 Å². The van der Waals surface area contributed by atoms with Crippen molar-refractivity contribution in [2.45, 2.75) is 33.2 Å². The zero-order chi connectivity index (χ0) is 22.1. The fourth-order valence-electron chi connectivity index (χ4n) is 4.06. The second kappa shape index (κ2) is 8.74. The molecule has 1 aliphatic carbocycles. The van der Waals surface area contributed by atoms with Crippen LogP contribution in [0.2, 0.25) is 0 Å². The van der Waals surface area contributed by atoms with Crippen LogP contribution in [-0.4, -0.2) is 46.7 Å². The van der Waals surface area contributed by atoms with Crippen LogP contribution >= 0.6 is 0 Å². The number of ether oxygens (including phenoxy) is 1. The van der Waals surface area contributed by atoms with Gasteiger partial charge in [0.05, 0.1) is 13.2 Å². The van der Waals surface area contributed by atoms with E-state index in [1.54, 1.807) is 0 Å². The fourth-order valence-corrected chi connectivity index (χ4v) is 4.06. The Morgan fingerprint density at radius 3 is 2.59 bits per heavy atom. The molecule has 2 fully saturated rings. The number of benzene rings is 1. The summed E-state index contributed by atoms with van der Waals surface area (Å²) in [6.45, 7) is 7.97. The minimum Gasteiger partial charge on any atom is -0.378 e. The molecule has 1 saturated carbocycles. The van der Waals surface area contributed by atoms with E-state index >= 15 is 0 Å². The first-order valence-electron chi connectivity index (χ1n) is 11.3. The summed E-state index contributed by atoms with van der Waals surface area (Å²) in [6.07, 6.45) is 8.21. The molecule has 1 aliphatic heterocycles. The van der Waals surface area contributed by atoms with Crippen LogP contribution in [0.15, 0.2) is 42.9 Å². The number of morpholine rings is 1. The molecule has 2 aliphatic rings. The van der Waals surface area contributed by atoms with Crippen molar-refractivity contribution < 1.29 is 9.53 Å². The number of amides is 1. The number of hydrogen-bond donors (Lipinski definition) is 1. The highest BCUT2D eigenvalue weighted by Crippen LogP contribution is 2.33. The van der Waals surface area contributed by atoms with E-state index in [1.807, 2.05) is 37.5 Å². The van der Waals surface area contributed by atoms with Crippen molar-refractivity contribution in [3.63, 3.8) is 0 Å². The van der Waals surface area contributed by atoms with Crippen molar-refractivity contribution in [3.8, 4) is 11.1 Å². The van der Waals surface area contributed by atoms with Gasteiger partial charge in [-0.3, -0.25) is 4.79 Å². The molecule has 0 unspecified atom stereocenters. The van der Waals surface area contributed by atoms with Crippen LogP contribution < -0.4 is 10.2 Å². The molecule has 1 aromatic carbocycles. The Kier molecular flexibility index (Phi) is 5.66. The minimum atomic E-state index is -0.0866. The summed E-state index contributed by atoms with van der Waals surface area (Å²) < 4.78 is 7.49. The highest BCUT2D eigenvalue weighted by atomic mass is 16.5. The van der Waals surface area contributed by atoms with Crippen molar-refractivity contribution >= 4 is 17.5 Å². The van der Waals surface area contributed by atoms with Gasteiger partial charge in [0.1, 0.15) is 5.69 Å². The molecule has 7 nitrogen and oxygen atoms in total. The first-order valence-corrected chi connectivity index (χ1v) is 11.3. The van der Waals surface area contributed by atoms with Gasteiger partial charge in [-0.25, -0.2) is 9.97 Å². The summed E-state index contributed by atoms with van der Waals surface area (Å²) in [5.41, 5.74) is 5.66. The quantitative estimate of drug-likeness (QED) is 0.637. The first-order chi connectivity index (χ1) is 15.6. The Morgan fingerprint density at radius 1 is 1.12 bits per heavy atom. The predicted molar refractivity (Wildman–Crippen MR) is 125 cm³/mol. The lowest BCUT2D eigenvalue weighted by Gasteiger charge is -2.26. The van der Waals surface area contributed by atoms with Gasteiger partial charge in [0.15, 0.2) is 0 Å². The number of aryl methyl sites for hydroxylation is 1. The normalized spacial score (nSPS) is 16.2. The summed E-state index contributed by atoms with van der Waals surface area (Å²) in [5, 5.41) is 3.11. The van der Waals surface area contributed by atoms with Crippen molar-refractivity contribution in [1.29, 1.82) is 0 Å². The fraction of sp³-hybridized carbons (Fsp3) is 0.400. The number of aromatic nitrogens is 3. The maximum Gasteiger partial charge on any atom is 0.272 e. The summed E-state index contributed by atoms with van der Waals surface area (Å²) >= 11 is 0. The Morgan fingerprint density at radius 2 is 1.88 bits per heavy atom. The monoisotopic (exact) mass is 431 g/mol. The molecule has 5 rings (SSSR count). The molecule has 1 saturated heterocycles.